The number of halogens is 2. The Morgan fingerprint density at radius 2 is 2.12 bits per heavy atom. The highest BCUT2D eigenvalue weighted by Gasteiger charge is 2.16. The maximum atomic E-state index is 13.4. The highest BCUT2D eigenvalue weighted by molar-refractivity contribution is 5.95. The molecule has 0 heterocycles. The number of nitrogen functional groups attached to an aromatic ring is 1. The summed E-state index contributed by atoms with van der Waals surface area (Å²) in [5, 5.41) is 2.38. The fraction of sp³-hybridized carbons (Fsp3) is 0.417. The van der Waals surface area contributed by atoms with Crippen LogP contribution >= 0.6 is 0 Å². The van der Waals surface area contributed by atoms with Gasteiger partial charge in [-0.05, 0) is 12.5 Å². The summed E-state index contributed by atoms with van der Waals surface area (Å²) in [6.45, 7) is 3.70. The third kappa shape index (κ3) is 3.41. The lowest BCUT2D eigenvalue weighted by molar-refractivity contribution is -0.119. The van der Waals surface area contributed by atoms with Gasteiger partial charge in [-0.2, -0.15) is 0 Å². The molecule has 1 amide bonds. The quantitative estimate of drug-likeness (QED) is 0.797. The molecule has 0 saturated carbocycles. The van der Waals surface area contributed by atoms with Crippen molar-refractivity contribution in [2.24, 2.45) is 5.92 Å². The van der Waals surface area contributed by atoms with Crippen LogP contribution in [-0.4, -0.2) is 5.91 Å². The minimum atomic E-state index is -0.862. The molecule has 0 aromatic heterocycles. The molecule has 3 nitrogen and oxygen atoms in total. The topological polar surface area (TPSA) is 55.1 Å². The second-order valence-corrected chi connectivity index (χ2v) is 4.03. The van der Waals surface area contributed by atoms with E-state index in [9.17, 15) is 13.6 Å². The molecule has 0 spiro atoms. The lowest BCUT2D eigenvalue weighted by atomic mass is 10.1. The van der Waals surface area contributed by atoms with Gasteiger partial charge in [-0.15, -0.1) is 0 Å². The summed E-state index contributed by atoms with van der Waals surface area (Å²) in [5.74, 6) is -2.17. The first-order valence-electron chi connectivity index (χ1n) is 5.51. The summed E-state index contributed by atoms with van der Waals surface area (Å²) in [4.78, 5) is 11.7. The van der Waals surface area contributed by atoms with Crippen molar-refractivity contribution >= 4 is 17.3 Å². The molecule has 94 valence electrons. The van der Waals surface area contributed by atoms with E-state index in [4.69, 9.17) is 5.73 Å². The number of nitrogens with one attached hydrogen (secondary N) is 1. The van der Waals surface area contributed by atoms with Gasteiger partial charge in [-0.3, -0.25) is 4.79 Å². The van der Waals surface area contributed by atoms with Crippen LogP contribution < -0.4 is 11.1 Å². The lowest BCUT2D eigenvalue weighted by Crippen LogP contribution is -2.21. The van der Waals surface area contributed by atoms with Crippen molar-refractivity contribution in [3.8, 4) is 0 Å². The molecule has 0 bridgehead atoms. The molecule has 17 heavy (non-hydrogen) atoms. The summed E-state index contributed by atoms with van der Waals surface area (Å²) in [6, 6.07) is 1.67. The van der Waals surface area contributed by atoms with E-state index in [1.165, 1.54) is 0 Å². The van der Waals surface area contributed by atoms with Crippen LogP contribution in [0.4, 0.5) is 20.2 Å². The molecule has 1 atom stereocenters. The Kier molecular flexibility index (Phi) is 4.43. The zero-order chi connectivity index (χ0) is 13.0. The molecular formula is C12H16F2N2O. The third-order valence-electron chi connectivity index (χ3n) is 2.50. The van der Waals surface area contributed by atoms with Crippen LogP contribution in [0.25, 0.3) is 0 Å². The Balaban J connectivity index is 2.85. The zero-order valence-corrected chi connectivity index (χ0v) is 9.89. The summed E-state index contributed by atoms with van der Waals surface area (Å²) >= 11 is 0. The molecule has 1 aromatic carbocycles. The van der Waals surface area contributed by atoms with Gasteiger partial charge in [-0.25, -0.2) is 8.78 Å². The Bertz CT molecular complexity index is 398. The Hall–Kier alpha value is -1.65. The minimum absolute atomic E-state index is 0.112. The van der Waals surface area contributed by atoms with E-state index in [2.05, 4.69) is 5.32 Å². The maximum Gasteiger partial charge on any atom is 0.227 e. The van der Waals surface area contributed by atoms with Gasteiger partial charge in [0.2, 0.25) is 5.91 Å². The van der Waals surface area contributed by atoms with Crippen molar-refractivity contribution in [3.05, 3.63) is 23.8 Å². The average molecular weight is 242 g/mol. The van der Waals surface area contributed by atoms with Crippen molar-refractivity contribution in [2.45, 2.75) is 26.7 Å². The highest BCUT2D eigenvalue weighted by atomic mass is 19.1. The van der Waals surface area contributed by atoms with Crippen LogP contribution in [0, 0.1) is 17.6 Å². The SMILES string of the molecule is CCCC(C)C(=O)Nc1c(N)cc(F)cc1F. The molecule has 3 N–H and O–H groups in total. The number of carbonyl (C=O) groups is 1. The average Bonchev–Trinajstić information content (AvgIpc) is 2.23. The van der Waals surface area contributed by atoms with E-state index < -0.39 is 11.6 Å². The number of hydrogen-bond acceptors (Lipinski definition) is 2. The second-order valence-electron chi connectivity index (χ2n) is 4.03. The fourth-order valence-corrected chi connectivity index (χ4v) is 1.54. The van der Waals surface area contributed by atoms with Crippen LogP contribution in [0.1, 0.15) is 26.7 Å². The number of nitrogens with two attached hydrogens (primary N) is 1. The molecule has 1 aromatic rings. The van der Waals surface area contributed by atoms with Gasteiger partial charge in [0.05, 0.1) is 5.69 Å². The molecule has 1 rings (SSSR count). The normalized spacial score (nSPS) is 12.2. The Morgan fingerprint density at radius 3 is 2.65 bits per heavy atom. The molecule has 0 fully saturated rings. The predicted octanol–water partition coefficient (Wildman–Crippen LogP) is 2.92. The number of anilines is 2. The van der Waals surface area contributed by atoms with Crippen LogP contribution in [0.15, 0.2) is 12.1 Å². The standard InChI is InChI=1S/C12H16F2N2O/c1-3-4-7(2)12(17)16-11-9(14)5-8(13)6-10(11)15/h5-7H,3-4,15H2,1-2H3,(H,16,17). The lowest BCUT2D eigenvalue weighted by Gasteiger charge is -2.13. The Morgan fingerprint density at radius 1 is 1.47 bits per heavy atom. The minimum Gasteiger partial charge on any atom is -0.397 e. The van der Waals surface area contributed by atoms with Gasteiger partial charge in [0.1, 0.15) is 11.5 Å². The monoisotopic (exact) mass is 242 g/mol. The summed E-state index contributed by atoms with van der Waals surface area (Å²) < 4.78 is 26.2. The van der Waals surface area contributed by atoms with Crippen LogP contribution in [0.3, 0.4) is 0 Å². The van der Waals surface area contributed by atoms with Crippen molar-refractivity contribution in [2.75, 3.05) is 11.1 Å². The molecule has 0 saturated heterocycles. The molecule has 0 radical (unpaired) electrons. The van der Waals surface area contributed by atoms with Crippen LogP contribution in [0.2, 0.25) is 0 Å². The van der Waals surface area contributed by atoms with Gasteiger partial charge in [-0.1, -0.05) is 20.3 Å². The molecule has 0 aliphatic carbocycles. The number of amides is 1. The van der Waals surface area contributed by atoms with Crippen molar-refractivity contribution in [3.63, 3.8) is 0 Å². The van der Waals surface area contributed by atoms with E-state index in [1.54, 1.807) is 6.92 Å². The molecule has 5 heteroatoms. The van der Waals surface area contributed by atoms with E-state index in [1.807, 2.05) is 6.92 Å². The number of benzene rings is 1. The first-order chi connectivity index (χ1) is 7.95. The first-order valence-corrected chi connectivity index (χ1v) is 5.51. The molecular weight excluding hydrogens is 226 g/mol. The molecule has 1 unspecified atom stereocenters. The van der Waals surface area contributed by atoms with E-state index >= 15 is 0 Å². The fourth-order valence-electron chi connectivity index (χ4n) is 1.54. The maximum absolute atomic E-state index is 13.4. The van der Waals surface area contributed by atoms with E-state index in [0.717, 1.165) is 12.5 Å². The first kappa shape index (κ1) is 13.4. The molecule has 0 aliphatic rings. The number of hydrogen-bond donors (Lipinski definition) is 2. The van der Waals surface area contributed by atoms with E-state index in [0.29, 0.717) is 12.5 Å². The van der Waals surface area contributed by atoms with Crippen molar-refractivity contribution in [1.29, 1.82) is 0 Å². The third-order valence-corrected chi connectivity index (χ3v) is 2.50. The van der Waals surface area contributed by atoms with Gasteiger partial charge >= 0.3 is 0 Å². The number of rotatable bonds is 4. The van der Waals surface area contributed by atoms with Gasteiger partial charge < -0.3 is 11.1 Å². The summed E-state index contributed by atoms with van der Waals surface area (Å²) in [7, 11) is 0. The smallest absolute Gasteiger partial charge is 0.227 e. The van der Waals surface area contributed by atoms with Gasteiger partial charge in [0.15, 0.2) is 5.82 Å². The summed E-state index contributed by atoms with van der Waals surface area (Å²) in [6.07, 6.45) is 1.56. The van der Waals surface area contributed by atoms with Crippen molar-refractivity contribution < 1.29 is 13.6 Å². The van der Waals surface area contributed by atoms with Crippen LogP contribution in [0.5, 0.6) is 0 Å². The predicted molar refractivity (Wildman–Crippen MR) is 63.5 cm³/mol. The van der Waals surface area contributed by atoms with Crippen molar-refractivity contribution in [1.82, 2.24) is 0 Å². The van der Waals surface area contributed by atoms with Gasteiger partial charge in [0, 0.05) is 12.0 Å². The summed E-state index contributed by atoms with van der Waals surface area (Å²) in [5.41, 5.74) is 5.18. The highest BCUT2D eigenvalue weighted by Crippen LogP contribution is 2.24. The largest absolute Gasteiger partial charge is 0.397 e. The zero-order valence-electron chi connectivity index (χ0n) is 9.89. The molecule has 0 aliphatic heterocycles. The second kappa shape index (κ2) is 5.61. The van der Waals surface area contributed by atoms with E-state index in [-0.39, 0.29) is 23.2 Å². The number of carbonyl (C=O) groups excluding carboxylic acids is 1. The van der Waals surface area contributed by atoms with Gasteiger partial charge in [0.25, 0.3) is 0 Å². The Labute approximate surface area is 99.0 Å². The van der Waals surface area contributed by atoms with Crippen LogP contribution in [-0.2, 0) is 4.79 Å².